The van der Waals surface area contributed by atoms with Crippen LogP contribution in [0.3, 0.4) is 0 Å². The zero-order chi connectivity index (χ0) is 93.0. The van der Waals surface area contributed by atoms with Crippen molar-refractivity contribution >= 4 is 64.8 Å². The number of aliphatic hydroxyl groups is 8. The number of halogens is 1. The molecule has 130 heavy (non-hydrogen) atoms. The molecule has 38 nitrogen and oxygen atoms in total. The topological polar surface area (TPSA) is 568 Å². The minimum absolute atomic E-state index is 0.0651. The van der Waals surface area contributed by atoms with Crippen LogP contribution >= 0.6 is 11.6 Å². The quantitative estimate of drug-likeness (QED) is 0.0318. The molecule has 7 aliphatic heterocycles. The highest BCUT2D eigenvalue weighted by molar-refractivity contribution is 6.32. The smallest absolute Gasteiger partial charge is 0.257 e. The number of carbonyl (C=O) groups is 9. The van der Waals surface area contributed by atoms with Gasteiger partial charge in [-0.2, -0.15) is 0 Å². The van der Waals surface area contributed by atoms with E-state index in [0.29, 0.717) is 24.9 Å². The third kappa shape index (κ3) is 19.3. The molecule has 0 aromatic heterocycles. The summed E-state index contributed by atoms with van der Waals surface area (Å²) in [5, 5.41) is 138. The van der Waals surface area contributed by atoms with Crippen molar-refractivity contribution in [1.82, 2.24) is 58.5 Å². The first-order valence-corrected chi connectivity index (χ1v) is 44.0. The molecule has 15 bridgehead atoms. The molecule has 5 aliphatic carbocycles. The lowest BCUT2D eigenvalue weighted by molar-refractivity contribution is -0.333. The minimum atomic E-state index is -3.00. The van der Waals surface area contributed by atoms with Gasteiger partial charge in [-0.25, -0.2) is 0 Å². The van der Waals surface area contributed by atoms with E-state index in [-0.39, 0.29) is 128 Å². The number of amides is 9. The van der Waals surface area contributed by atoms with E-state index in [1.165, 1.54) is 94.5 Å². The normalized spacial score (nSPS) is 30.3. The van der Waals surface area contributed by atoms with Crippen molar-refractivity contribution < 1.29 is 127 Å². The van der Waals surface area contributed by atoms with Crippen molar-refractivity contribution in [1.29, 1.82) is 0 Å². The number of phenolic OH excluding ortho intramolecular Hbond substituents is 1. The maximum atomic E-state index is 16.8. The summed E-state index contributed by atoms with van der Waals surface area (Å²) in [5.74, 6) is -15.3. The van der Waals surface area contributed by atoms with Crippen LogP contribution in [0.25, 0.3) is 11.1 Å². The molecule has 6 aromatic carbocycles. The first-order chi connectivity index (χ1) is 61.9. The molecule has 0 radical (unpaired) electrons. The number of aromatic hydroxyl groups is 1. The third-order valence-electron chi connectivity index (χ3n) is 26.0. The number of hydrogen-bond acceptors (Lipinski definition) is 30. The molecule has 12 aliphatic rings. The average molecular weight is 1820 g/mol. The van der Waals surface area contributed by atoms with E-state index in [4.69, 9.17) is 55.2 Å². The van der Waals surface area contributed by atoms with Gasteiger partial charge in [-0.05, 0) is 227 Å². The van der Waals surface area contributed by atoms with E-state index >= 15 is 33.6 Å². The lowest BCUT2D eigenvalue weighted by Crippen LogP contribution is -2.64. The van der Waals surface area contributed by atoms with Crippen LogP contribution in [-0.4, -0.2) is 238 Å². The third-order valence-corrected chi connectivity index (χ3v) is 26.3. The van der Waals surface area contributed by atoms with Gasteiger partial charge in [-0.3, -0.25) is 48.5 Å². The molecular weight excluding hydrogens is 1710 g/mol. The van der Waals surface area contributed by atoms with E-state index in [9.17, 15) is 55.5 Å². The van der Waals surface area contributed by atoms with Crippen LogP contribution in [0.2, 0.25) is 5.02 Å². The van der Waals surface area contributed by atoms with Gasteiger partial charge >= 0.3 is 0 Å². The minimum Gasteiger partial charge on any atom is -0.508 e. The Morgan fingerprint density at radius 1 is 0.662 bits per heavy atom. The summed E-state index contributed by atoms with van der Waals surface area (Å²) in [6.07, 6.45) is -14.3. The summed E-state index contributed by atoms with van der Waals surface area (Å²) in [6.45, 7) is 8.29. The first kappa shape index (κ1) is 93.9. The Morgan fingerprint density at radius 3 is 1.95 bits per heavy atom. The predicted molar refractivity (Wildman–Crippen MR) is 461 cm³/mol. The van der Waals surface area contributed by atoms with Gasteiger partial charge < -0.3 is 143 Å². The van der Waals surface area contributed by atoms with Crippen LogP contribution in [-0.2, 0) is 58.4 Å². The molecule has 7 heterocycles. The number of imide groups is 1. The molecule has 6 fully saturated rings. The number of nitrogens with two attached hydrogens (primary N) is 1. The number of carbonyl (C=O) groups excluding carboxylic acids is 9. The molecule has 18 rings (SSSR count). The lowest BCUT2D eigenvalue weighted by Gasteiger charge is -2.54. The van der Waals surface area contributed by atoms with Crippen LogP contribution in [0.1, 0.15) is 164 Å². The number of aryl methyl sites for hydroxylation is 1. The summed E-state index contributed by atoms with van der Waals surface area (Å²) in [5.41, 5.74) is 3.17. The van der Waals surface area contributed by atoms with Gasteiger partial charge in [-0.15, -0.1) is 0 Å². The second-order valence-corrected chi connectivity index (χ2v) is 36.3. The Labute approximate surface area is 752 Å². The highest BCUT2D eigenvalue weighted by Crippen LogP contribution is 2.56. The van der Waals surface area contributed by atoms with Crippen molar-refractivity contribution in [3.05, 3.63) is 152 Å². The van der Waals surface area contributed by atoms with Crippen molar-refractivity contribution in [3.63, 3.8) is 0 Å². The lowest BCUT2D eigenvalue weighted by atomic mass is 9.54. The van der Waals surface area contributed by atoms with E-state index in [1.807, 2.05) is 13.8 Å². The molecule has 22 N–H and O–H groups in total. The van der Waals surface area contributed by atoms with Crippen LogP contribution in [0.5, 0.6) is 46.0 Å². The fourth-order valence-corrected chi connectivity index (χ4v) is 19.7. The van der Waals surface area contributed by atoms with Crippen molar-refractivity contribution in [3.8, 4) is 57.1 Å². The number of phenols is 1. The number of rotatable bonds is 23. The highest BCUT2D eigenvalue weighted by Gasteiger charge is 2.54. The molecule has 2 saturated heterocycles. The van der Waals surface area contributed by atoms with E-state index in [2.05, 4.69) is 58.5 Å². The van der Waals surface area contributed by atoms with Crippen molar-refractivity contribution in [2.45, 2.75) is 207 Å². The Morgan fingerprint density at radius 2 is 1.30 bits per heavy atom. The molecule has 6 aromatic rings. The summed E-state index contributed by atoms with van der Waals surface area (Å²) in [6, 6.07) is 5.32. The number of fused-ring (bicyclic) bond motifs is 12. The molecular formula is C91H111ClN12O26. The molecule has 0 spiro atoms. The SMILES string of the molecule is CNCCOc1ccc(C(=O)NC(=O)C[C@@H]2NC(=O)[C@H](NC(=O)[C@@H](CC(C)C)NC)[C@H](O)c3ccc(c(C)c3)Oc3cc4cc(c3O[C@@H]3O[C@H](CO)[C@@H](O)[C@H](O)[C@H]3O[C@H]3C[C@](C)(N)[C@H](O)[C@H](C)O3)Oc3ccc(cc3Cl)[C@@H](O)[C@@H]3NC(=O)[C@H](NC(=O)[C@@H]4NC2=O)c2ccc4c(c2)-c2c(cc(O)cc2C4(O)O)[C@@H](C(=O)NC2C4CC5CC(C4)CC2C5)NC3=O)cc1OCCNC. The molecule has 9 amide bonds. The van der Waals surface area contributed by atoms with Crippen LogP contribution < -0.4 is 87.9 Å². The number of nitrogens with one attached hydrogen (secondary N) is 11. The summed E-state index contributed by atoms with van der Waals surface area (Å²) in [4.78, 5) is 141. The van der Waals surface area contributed by atoms with Crippen molar-refractivity contribution in [2.75, 3.05) is 54.1 Å². The Balaban J connectivity index is 0.920. The molecule has 18 atom stereocenters. The number of benzene rings is 6. The molecule has 698 valence electrons. The Hall–Kier alpha value is -10.8. The molecule has 4 saturated carbocycles. The number of hydrogen-bond donors (Lipinski definition) is 21. The molecule has 0 unspecified atom stereocenters. The van der Waals surface area contributed by atoms with Crippen LogP contribution in [0, 0.1) is 36.5 Å². The molecule has 39 heteroatoms. The Bertz CT molecular complexity index is 5320. The van der Waals surface area contributed by atoms with Gasteiger partial charge in [-0.1, -0.05) is 49.7 Å². The summed E-state index contributed by atoms with van der Waals surface area (Å²) in [7, 11) is 4.90. The maximum absolute atomic E-state index is 16.8. The number of likely N-dealkylation sites (N-methyl/N-ethyl adjacent to an activating group) is 3. The van der Waals surface area contributed by atoms with Gasteiger partial charge in [0, 0.05) is 47.8 Å². The zero-order valence-corrected chi connectivity index (χ0v) is 73.4. The van der Waals surface area contributed by atoms with Crippen LogP contribution in [0.15, 0.2) is 97.1 Å². The second kappa shape index (κ2) is 38.6. The average Bonchev–Trinajstić information content (AvgIpc) is 1.54. The Kier molecular flexibility index (Phi) is 27.9. The zero-order valence-electron chi connectivity index (χ0n) is 72.6. The van der Waals surface area contributed by atoms with Gasteiger partial charge in [0.15, 0.2) is 35.4 Å². The van der Waals surface area contributed by atoms with Crippen molar-refractivity contribution in [2.24, 2.45) is 35.3 Å². The van der Waals surface area contributed by atoms with Gasteiger partial charge in [0.2, 0.25) is 65.1 Å². The fourth-order valence-electron chi connectivity index (χ4n) is 19.5. The van der Waals surface area contributed by atoms with E-state index in [0.717, 1.165) is 62.4 Å². The van der Waals surface area contributed by atoms with Crippen LogP contribution in [0.4, 0.5) is 0 Å². The maximum Gasteiger partial charge on any atom is 0.257 e. The summed E-state index contributed by atoms with van der Waals surface area (Å²) >= 11 is 7.34. The first-order valence-electron chi connectivity index (χ1n) is 43.6. The standard InChI is InChI=1S/C91H111ClN12O26/c1-38(2)21-56(96-8)82(114)103-72-74(108)44-10-14-58(39(3)22-44)126-62-31-49-32-63(78(62)130-89-79(77(111)76(110)64(37-105)128-89)129-66-36-90(5,93)80(112)40(4)125-66)127-59-15-11-45(29-55(59)92)75(109)73-88(120)102-71(86(118)99-68-47-24-41-23-42(26-47)27-48(68)25-41)52-33-50(106)34-54-67(52)51-28-43(9-13-53(51)91(54,121)122)69(84(116)104-73)101-85(117)70(49)100-83(115)57(97-87(72)119)35-65(107)98-81(113)46-12-16-60(123-19-17-94-6)61(30-46)124-20-18-95-7/h9-16,22,28-34,38,40-42,47-48,56-57,64,66,68-77,79-80,89,94-96,105-106,108-112,121-122H,17-21,23-27,35-37,93H2,1-8H3,(H,97,119)(H,99,118)(H,100,115)(H,101,117)(H,102,120)(H,103,114)(H,104,116)(H,98,107,113)/t40-,41?,42?,47?,48?,56+,57-,64+,66-,68?,69+,70+,71-,72+,73-,74+,75+,76+,77-,79+,80+,89-,90-/m0/s1. The number of ether oxygens (including phenoxy) is 8. The monoisotopic (exact) mass is 1820 g/mol. The van der Waals surface area contributed by atoms with Gasteiger partial charge in [0.05, 0.1) is 36.3 Å². The second-order valence-electron chi connectivity index (χ2n) is 35.9. The van der Waals surface area contributed by atoms with Gasteiger partial charge in [0.1, 0.15) is 97.2 Å². The largest absolute Gasteiger partial charge is 0.508 e. The summed E-state index contributed by atoms with van der Waals surface area (Å²) < 4.78 is 51.4. The predicted octanol–water partition coefficient (Wildman–Crippen LogP) is 1.37. The van der Waals surface area contributed by atoms with E-state index < -0.39 is 215 Å². The number of aliphatic hydroxyl groups excluding tert-OH is 6. The van der Waals surface area contributed by atoms with Gasteiger partial charge in [0.25, 0.3) is 5.91 Å². The highest BCUT2D eigenvalue weighted by atomic mass is 35.5. The van der Waals surface area contributed by atoms with E-state index in [1.54, 1.807) is 14.1 Å². The fraction of sp³-hybridized carbons (Fsp3) is 0.505.